The van der Waals surface area contributed by atoms with Crippen LogP contribution in [0.2, 0.25) is 5.02 Å². The second kappa shape index (κ2) is 5.25. The number of nitrogens with zero attached hydrogens (tertiary/aromatic N) is 1. The van der Waals surface area contributed by atoms with Crippen molar-refractivity contribution in [2.24, 2.45) is 0 Å². The third kappa shape index (κ3) is 2.25. The van der Waals surface area contributed by atoms with Crippen molar-refractivity contribution < 1.29 is 14.3 Å². The molecule has 0 bridgehead atoms. The predicted molar refractivity (Wildman–Crippen MR) is 77.5 cm³/mol. The van der Waals surface area contributed by atoms with Gasteiger partial charge in [0.2, 0.25) is 0 Å². The van der Waals surface area contributed by atoms with Crippen LogP contribution in [0.5, 0.6) is 0 Å². The van der Waals surface area contributed by atoms with Gasteiger partial charge in [-0.05, 0) is 6.07 Å². The summed E-state index contributed by atoms with van der Waals surface area (Å²) < 4.78 is 11.1. The van der Waals surface area contributed by atoms with Crippen LogP contribution in [-0.2, 0) is 16.1 Å². The molecule has 1 aromatic rings. The molecule has 0 amide bonds. The molecule has 0 radical (unpaired) electrons. The molecule has 3 aliphatic heterocycles. The molecule has 5 nitrogen and oxygen atoms in total. The van der Waals surface area contributed by atoms with Gasteiger partial charge in [-0.3, -0.25) is 4.90 Å². The lowest BCUT2D eigenvalue weighted by Gasteiger charge is -2.43. The van der Waals surface area contributed by atoms with E-state index >= 15 is 0 Å². The molecule has 21 heavy (non-hydrogen) atoms. The lowest BCUT2D eigenvalue weighted by molar-refractivity contribution is -0.0717. The number of ether oxygens (including phenoxy) is 2. The minimum absolute atomic E-state index is 0.0344. The summed E-state index contributed by atoms with van der Waals surface area (Å²) in [5.74, 6) is -0.287. The van der Waals surface area contributed by atoms with E-state index in [9.17, 15) is 4.79 Å². The van der Waals surface area contributed by atoms with Crippen LogP contribution in [0.15, 0.2) is 12.1 Å². The first kappa shape index (κ1) is 13.5. The Labute approximate surface area is 128 Å². The van der Waals surface area contributed by atoms with Crippen LogP contribution in [0.1, 0.15) is 27.6 Å². The molecule has 1 aromatic carbocycles. The van der Waals surface area contributed by atoms with Gasteiger partial charge in [-0.25, -0.2) is 4.79 Å². The molecule has 0 aliphatic carbocycles. The van der Waals surface area contributed by atoms with E-state index in [0.717, 1.165) is 37.3 Å². The van der Waals surface area contributed by atoms with E-state index in [1.807, 2.05) is 6.07 Å². The molecule has 2 saturated heterocycles. The number of cyclic esters (lactones) is 1. The zero-order valence-electron chi connectivity index (χ0n) is 11.6. The fourth-order valence-electron chi connectivity index (χ4n) is 3.32. The summed E-state index contributed by atoms with van der Waals surface area (Å²) in [7, 11) is 0. The van der Waals surface area contributed by atoms with Gasteiger partial charge in [-0.2, -0.15) is 0 Å². The summed E-state index contributed by atoms with van der Waals surface area (Å²) in [6.07, 6.45) is -0.0344. The average molecular weight is 309 g/mol. The summed E-state index contributed by atoms with van der Waals surface area (Å²) in [5.41, 5.74) is 2.34. The summed E-state index contributed by atoms with van der Waals surface area (Å²) >= 11 is 6.48. The number of hydrogen-bond acceptors (Lipinski definition) is 5. The quantitative estimate of drug-likeness (QED) is 0.794. The normalized spacial score (nSPS) is 28.9. The number of fused-ring (bicyclic) bond motifs is 2. The van der Waals surface area contributed by atoms with Gasteiger partial charge in [-0.1, -0.05) is 17.7 Å². The van der Waals surface area contributed by atoms with Gasteiger partial charge in [-0.15, -0.1) is 0 Å². The lowest BCUT2D eigenvalue weighted by Crippen LogP contribution is -2.57. The Balaban J connectivity index is 1.61. The van der Waals surface area contributed by atoms with E-state index in [4.69, 9.17) is 21.1 Å². The molecule has 4 rings (SSSR count). The van der Waals surface area contributed by atoms with Gasteiger partial charge in [0.05, 0.1) is 23.3 Å². The Bertz CT molecular complexity index is 593. The van der Waals surface area contributed by atoms with E-state index in [1.165, 1.54) is 0 Å². The number of carbonyl (C=O) groups is 1. The topological polar surface area (TPSA) is 50.8 Å². The van der Waals surface area contributed by atoms with Gasteiger partial charge in [0.25, 0.3) is 0 Å². The number of morpholine rings is 1. The van der Waals surface area contributed by atoms with E-state index < -0.39 is 0 Å². The van der Waals surface area contributed by atoms with Crippen LogP contribution >= 0.6 is 11.6 Å². The monoisotopic (exact) mass is 308 g/mol. The van der Waals surface area contributed by atoms with E-state index in [0.29, 0.717) is 23.2 Å². The van der Waals surface area contributed by atoms with Gasteiger partial charge in [0, 0.05) is 43.3 Å². The van der Waals surface area contributed by atoms with Crippen LogP contribution in [0.3, 0.4) is 0 Å². The van der Waals surface area contributed by atoms with Crippen molar-refractivity contribution >= 4 is 17.6 Å². The highest BCUT2D eigenvalue weighted by molar-refractivity contribution is 6.32. The van der Waals surface area contributed by atoms with Gasteiger partial charge >= 0.3 is 5.97 Å². The molecular formula is C15H17ClN2O3. The first-order valence-electron chi connectivity index (χ1n) is 7.29. The van der Waals surface area contributed by atoms with Crippen LogP contribution in [0.25, 0.3) is 0 Å². The Hall–Kier alpha value is -1.14. The fraction of sp³-hybridized carbons (Fsp3) is 0.533. The number of esters is 1. The number of nitrogens with one attached hydrogen (secondary N) is 1. The van der Waals surface area contributed by atoms with Gasteiger partial charge in [0.1, 0.15) is 6.61 Å². The van der Waals surface area contributed by atoms with Crippen molar-refractivity contribution in [2.45, 2.75) is 18.8 Å². The molecule has 1 N–H and O–H groups in total. The van der Waals surface area contributed by atoms with Crippen LogP contribution < -0.4 is 5.32 Å². The molecule has 3 heterocycles. The van der Waals surface area contributed by atoms with Crippen molar-refractivity contribution in [1.82, 2.24) is 10.2 Å². The second-order valence-electron chi connectivity index (χ2n) is 5.75. The number of piperazine rings is 1. The molecule has 2 atom stereocenters. The number of halogens is 1. The number of carbonyl (C=O) groups excluding carboxylic acids is 1. The first-order valence-corrected chi connectivity index (χ1v) is 7.66. The third-order valence-electron chi connectivity index (χ3n) is 4.55. The maximum atomic E-state index is 11.6. The Morgan fingerprint density at radius 3 is 3.19 bits per heavy atom. The smallest absolute Gasteiger partial charge is 0.338 e. The summed E-state index contributed by atoms with van der Waals surface area (Å²) in [5, 5.41) is 4.01. The fourth-order valence-corrected chi connectivity index (χ4v) is 3.67. The Morgan fingerprint density at radius 1 is 1.38 bits per heavy atom. The molecule has 112 valence electrons. The molecule has 6 heteroatoms. The van der Waals surface area contributed by atoms with Crippen LogP contribution in [0.4, 0.5) is 0 Å². The molecule has 0 saturated carbocycles. The molecule has 1 unspecified atom stereocenters. The molecule has 2 fully saturated rings. The molecule has 0 aromatic heterocycles. The molecule has 0 spiro atoms. The SMILES string of the molecule is O=C1OCc2c1ccc(C1CN3CCNC[C@H]3CO1)c2Cl. The largest absolute Gasteiger partial charge is 0.457 e. The summed E-state index contributed by atoms with van der Waals surface area (Å²) in [6.45, 7) is 4.86. The average Bonchev–Trinajstić information content (AvgIpc) is 2.90. The maximum Gasteiger partial charge on any atom is 0.338 e. The predicted octanol–water partition coefficient (Wildman–Crippen LogP) is 1.36. The lowest BCUT2D eigenvalue weighted by atomic mass is 9.99. The Morgan fingerprint density at radius 2 is 2.29 bits per heavy atom. The maximum absolute atomic E-state index is 11.6. The number of benzene rings is 1. The van der Waals surface area contributed by atoms with E-state index in [1.54, 1.807) is 6.07 Å². The van der Waals surface area contributed by atoms with Gasteiger partial charge in [0.15, 0.2) is 0 Å². The van der Waals surface area contributed by atoms with Crippen molar-refractivity contribution in [3.8, 4) is 0 Å². The first-order chi connectivity index (χ1) is 10.2. The van der Waals surface area contributed by atoms with Crippen molar-refractivity contribution in [1.29, 1.82) is 0 Å². The number of hydrogen-bond donors (Lipinski definition) is 1. The van der Waals surface area contributed by atoms with E-state index in [2.05, 4.69) is 10.2 Å². The summed E-state index contributed by atoms with van der Waals surface area (Å²) in [6, 6.07) is 4.16. The highest BCUT2D eigenvalue weighted by Crippen LogP contribution is 2.36. The van der Waals surface area contributed by atoms with Gasteiger partial charge < -0.3 is 14.8 Å². The Kier molecular flexibility index (Phi) is 3.38. The summed E-state index contributed by atoms with van der Waals surface area (Å²) in [4.78, 5) is 14.0. The highest BCUT2D eigenvalue weighted by Gasteiger charge is 2.34. The van der Waals surface area contributed by atoms with Crippen LogP contribution in [-0.4, -0.2) is 49.7 Å². The van der Waals surface area contributed by atoms with E-state index in [-0.39, 0.29) is 18.7 Å². The third-order valence-corrected chi connectivity index (χ3v) is 5.00. The zero-order chi connectivity index (χ0) is 14.4. The molecular weight excluding hydrogens is 292 g/mol. The minimum atomic E-state index is -0.287. The van der Waals surface area contributed by atoms with Crippen molar-refractivity contribution in [3.05, 3.63) is 33.8 Å². The zero-order valence-corrected chi connectivity index (χ0v) is 12.4. The van der Waals surface area contributed by atoms with Crippen molar-refractivity contribution in [2.75, 3.05) is 32.8 Å². The minimum Gasteiger partial charge on any atom is -0.457 e. The van der Waals surface area contributed by atoms with Crippen LogP contribution in [0, 0.1) is 0 Å². The standard InChI is InChI=1S/C15H17ClN2O3/c16-14-11(2-1-10-12(14)8-21-15(10)19)13-6-18-4-3-17-5-9(18)7-20-13/h1-2,9,13,17H,3-8H2/t9-,13?/m0/s1. The second-order valence-corrected chi connectivity index (χ2v) is 6.12. The number of rotatable bonds is 1. The highest BCUT2D eigenvalue weighted by atomic mass is 35.5. The van der Waals surface area contributed by atoms with Crippen molar-refractivity contribution in [3.63, 3.8) is 0 Å². The molecule has 3 aliphatic rings.